The molecule has 20 heavy (non-hydrogen) atoms. The Morgan fingerprint density at radius 2 is 2.00 bits per heavy atom. The zero-order valence-electron chi connectivity index (χ0n) is 12.7. The maximum atomic E-state index is 12.7. The van der Waals surface area contributed by atoms with E-state index in [-0.39, 0.29) is 5.91 Å². The van der Waals surface area contributed by atoms with Gasteiger partial charge in [0.2, 0.25) is 5.91 Å². The molecule has 1 N–H and O–H groups in total. The van der Waals surface area contributed by atoms with Gasteiger partial charge in [0.1, 0.15) is 0 Å². The second kappa shape index (κ2) is 7.44. The molecule has 0 atom stereocenters. The Balaban J connectivity index is 2.04. The van der Waals surface area contributed by atoms with Crippen LogP contribution >= 0.6 is 0 Å². The van der Waals surface area contributed by atoms with Crippen LogP contribution in [0, 0.1) is 6.92 Å². The van der Waals surface area contributed by atoms with Crippen LogP contribution in [0.2, 0.25) is 0 Å². The van der Waals surface area contributed by atoms with Gasteiger partial charge in [-0.05, 0) is 50.4 Å². The van der Waals surface area contributed by atoms with E-state index in [1.807, 2.05) is 12.1 Å². The fraction of sp³-hybridized carbons (Fsp3) is 0.588. The Morgan fingerprint density at radius 1 is 1.30 bits per heavy atom. The lowest BCUT2D eigenvalue weighted by molar-refractivity contribution is -0.133. The molecule has 0 aliphatic carbocycles. The van der Waals surface area contributed by atoms with Gasteiger partial charge in [0.25, 0.3) is 0 Å². The van der Waals surface area contributed by atoms with E-state index in [9.17, 15) is 4.79 Å². The highest BCUT2D eigenvalue weighted by molar-refractivity contribution is 5.79. The molecule has 1 heterocycles. The number of piperidine rings is 1. The zero-order chi connectivity index (χ0) is 14.4. The number of aryl methyl sites for hydroxylation is 1. The Hall–Kier alpha value is -1.35. The van der Waals surface area contributed by atoms with Gasteiger partial charge in [0.05, 0.1) is 6.42 Å². The molecule has 1 aliphatic heterocycles. The molecule has 3 heteroatoms. The van der Waals surface area contributed by atoms with Gasteiger partial charge in [-0.3, -0.25) is 4.79 Å². The van der Waals surface area contributed by atoms with Crippen molar-refractivity contribution in [2.45, 2.75) is 45.6 Å². The van der Waals surface area contributed by atoms with Gasteiger partial charge in [-0.25, -0.2) is 0 Å². The fourth-order valence-corrected chi connectivity index (χ4v) is 2.94. The Bertz CT molecular complexity index is 438. The molecule has 1 aromatic rings. The number of carbonyl (C=O) groups is 1. The van der Waals surface area contributed by atoms with Crippen LogP contribution in [0.15, 0.2) is 24.3 Å². The van der Waals surface area contributed by atoms with Crippen LogP contribution in [-0.4, -0.2) is 36.5 Å². The van der Waals surface area contributed by atoms with Gasteiger partial charge in [-0.1, -0.05) is 31.2 Å². The first-order valence-corrected chi connectivity index (χ1v) is 7.77. The molecule has 1 saturated heterocycles. The number of nitrogens with zero attached hydrogens (tertiary/aromatic N) is 1. The standard InChI is InChI=1S/C17H26N2O/c1-3-12-19(16-8-10-18-11-9-16)17(20)13-15-7-5-4-6-14(15)2/h4-7,16,18H,3,8-13H2,1-2H3. The minimum atomic E-state index is 0.285. The average Bonchev–Trinajstić information content (AvgIpc) is 2.48. The first kappa shape index (κ1) is 15.0. The van der Waals surface area contributed by atoms with E-state index in [4.69, 9.17) is 0 Å². The van der Waals surface area contributed by atoms with E-state index in [0.717, 1.165) is 44.5 Å². The Labute approximate surface area is 122 Å². The first-order valence-electron chi connectivity index (χ1n) is 7.77. The summed E-state index contributed by atoms with van der Waals surface area (Å²) in [6, 6.07) is 8.62. The third-order valence-corrected chi connectivity index (χ3v) is 4.14. The lowest BCUT2D eigenvalue weighted by Gasteiger charge is -2.34. The molecule has 0 spiro atoms. The van der Waals surface area contributed by atoms with Crippen LogP contribution in [0.5, 0.6) is 0 Å². The van der Waals surface area contributed by atoms with E-state index in [0.29, 0.717) is 12.5 Å². The molecule has 1 aliphatic rings. The van der Waals surface area contributed by atoms with E-state index >= 15 is 0 Å². The monoisotopic (exact) mass is 274 g/mol. The maximum absolute atomic E-state index is 12.7. The fourth-order valence-electron chi connectivity index (χ4n) is 2.94. The van der Waals surface area contributed by atoms with Crippen LogP contribution in [-0.2, 0) is 11.2 Å². The Morgan fingerprint density at radius 3 is 2.65 bits per heavy atom. The van der Waals surface area contributed by atoms with E-state index in [2.05, 4.69) is 36.2 Å². The smallest absolute Gasteiger partial charge is 0.227 e. The average molecular weight is 274 g/mol. The van der Waals surface area contributed by atoms with Crippen LogP contribution in [0.4, 0.5) is 0 Å². The Kier molecular flexibility index (Phi) is 5.60. The summed E-state index contributed by atoms with van der Waals surface area (Å²) >= 11 is 0. The third-order valence-electron chi connectivity index (χ3n) is 4.14. The number of rotatable bonds is 5. The van der Waals surface area contributed by atoms with E-state index < -0.39 is 0 Å². The van der Waals surface area contributed by atoms with Crippen LogP contribution < -0.4 is 5.32 Å². The van der Waals surface area contributed by atoms with Gasteiger partial charge in [-0.2, -0.15) is 0 Å². The molecule has 110 valence electrons. The minimum Gasteiger partial charge on any atom is -0.339 e. The minimum absolute atomic E-state index is 0.285. The zero-order valence-corrected chi connectivity index (χ0v) is 12.7. The van der Waals surface area contributed by atoms with Crippen molar-refractivity contribution in [2.24, 2.45) is 0 Å². The van der Waals surface area contributed by atoms with Crippen molar-refractivity contribution in [1.82, 2.24) is 10.2 Å². The maximum Gasteiger partial charge on any atom is 0.227 e. The summed E-state index contributed by atoms with van der Waals surface area (Å²) in [6.45, 7) is 7.17. The number of hydrogen-bond donors (Lipinski definition) is 1. The SMILES string of the molecule is CCCN(C(=O)Cc1ccccc1C)C1CCNCC1. The van der Waals surface area contributed by atoms with Gasteiger partial charge < -0.3 is 10.2 Å². The number of hydrogen-bond acceptors (Lipinski definition) is 2. The predicted octanol–water partition coefficient (Wildman–Crippen LogP) is 2.53. The van der Waals surface area contributed by atoms with Crippen molar-refractivity contribution in [2.75, 3.05) is 19.6 Å². The van der Waals surface area contributed by atoms with Crippen molar-refractivity contribution in [3.8, 4) is 0 Å². The molecule has 0 saturated carbocycles. The molecular formula is C17H26N2O. The highest BCUT2D eigenvalue weighted by Crippen LogP contribution is 2.16. The molecule has 2 rings (SSSR count). The highest BCUT2D eigenvalue weighted by Gasteiger charge is 2.24. The molecule has 0 bridgehead atoms. The molecule has 1 aromatic carbocycles. The topological polar surface area (TPSA) is 32.3 Å². The number of amides is 1. The van der Waals surface area contributed by atoms with E-state index in [1.165, 1.54) is 5.56 Å². The summed E-state index contributed by atoms with van der Waals surface area (Å²) in [6.07, 6.45) is 3.74. The predicted molar refractivity (Wildman–Crippen MR) is 82.8 cm³/mol. The number of benzene rings is 1. The van der Waals surface area contributed by atoms with E-state index in [1.54, 1.807) is 0 Å². The molecule has 3 nitrogen and oxygen atoms in total. The summed E-state index contributed by atoms with van der Waals surface area (Å²) in [5.41, 5.74) is 2.37. The summed E-state index contributed by atoms with van der Waals surface area (Å²) in [4.78, 5) is 14.8. The third kappa shape index (κ3) is 3.83. The van der Waals surface area contributed by atoms with Gasteiger partial charge >= 0.3 is 0 Å². The lowest BCUT2D eigenvalue weighted by Crippen LogP contribution is -2.47. The van der Waals surface area contributed by atoms with Crippen LogP contribution in [0.1, 0.15) is 37.3 Å². The lowest BCUT2D eigenvalue weighted by atomic mass is 10.0. The van der Waals surface area contributed by atoms with Gasteiger partial charge in [0.15, 0.2) is 0 Å². The van der Waals surface area contributed by atoms with Crippen LogP contribution in [0.25, 0.3) is 0 Å². The normalized spacial score (nSPS) is 16.1. The van der Waals surface area contributed by atoms with Crippen molar-refractivity contribution in [3.05, 3.63) is 35.4 Å². The largest absolute Gasteiger partial charge is 0.339 e. The summed E-state index contributed by atoms with van der Waals surface area (Å²) in [5.74, 6) is 0.285. The molecule has 0 unspecified atom stereocenters. The molecule has 0 aromatic heterocycles. The second-order valence-electron chi connectivity index (χ2n) is 5.67. The summed E-state index contributed by atoms with van der Waals surface area (Å²) < 4.78 is 0. The molecule has 1 amide bonds. The first-order chi connectivity index (χ1) is 9.72. The van der Waals surface area contributed by atoms with Crippen molar-refractivity contribution >= 4 is 5.91 Å². The van der Waals surface area contributed by atoms with Crippen LogP contribution in [0.3, 0.4) is 0 Å². The second-order valence-corrected chi connectivity index (χ2v) is 5.67. The molecular weight excluding hydrogens is 248 g/mol. The van der Waals surface area contributed by atoms with Crippen molar-refractivity contribution < 1.29 is 4.79 Å². The summed E-state index contributed by atoms with van der Waals surface area (Å²) in [5, 5.41) is 3.37. The molecule has 0 radical (unpaired) electrons. The van der Waals surface area contributed by atoms with Gasteiger partial charge in [-0.15, -0.1) is 0 Å². The van der Waals surface area contributed by atoms with Gasteiger partial charge in [0, 0.05) is 12.6 Å². The quantitative estimate of drug-likeness (QED) is 0.895. The van der Waals surface area contributed by atoms with Crippen molar-refractivity contribution in [3.63, 3.8) is 0 Å². The molecule has 1 fully saturated rings. The van der Waals surface area contributed by atoms with Crippen molar-refractivity contribution in [1.29, 1.82) is 0 Å². The number of carbonyl (C=O) groups excluding carboxylic acids is 1. The number of nitrogens with one attached hydrogen (secondary N) is 1. The summed E-state index contributed by atoms with van der Waals surface area (Å²) in [7, 11) is 0. The highest BCUT2D eigenvalue weighted by atomic mass is 16.2.